The molecule has 0 radical (unpaired) electrons. The van der Waals surface area contributed by atoms with E-state index in [0.29, 0.717) is 25.1 Å². The van der Waals surface area contributed by atoms with Gasteiger partial charge in [0.05, 0.1) is 5.41 Å². The van der Waals surface area contributed by atoms with Gasteiger partial charge in [-0.3, -0.25) is 9.79 Å². The quantitative estimate of drug-likeness (QED) is 0.792. The SMILES string of the molecule is CC1=C(C)CC2(C=Nc3c(nc(N)nc3OCc3ccccc3)NC2=O)CC1. The number of amides is 1. The zero-order chi connectivity index (χ0) is 19.7. The molecule has 0 saturated carbocycles. The lowest BCUT2D eigenvalue weighted by Crippen LogP contribution is -2.39. The summed E-state index contributed by atoms with van der Waals surface area (Å²) in [5.41, 5.74) is 9.12. The highest BCUT2D eigenvalue weighted by atomic mass is 16.5. The van der Waals surface area contributed by atoms with E-state index in [1.165, 1.54) is 11.1 Å². The van der Waals surface area contributed by atoms with Gasteiger partial charge in [-0.1, -0.05) is 41.5 Å². The number of nitrogen functional groups attached to an aromatic ring is 1. The summed E-state index contributed by atoms with van der Waals surface area (Å²) in [6.45, 7) is 4.51. The molecular weight excluding hydrogens is 354 g/mol. The van der Waals surface area contributed by atoms with E-state index >= 15 is 0 Å². The maximum Gasteiger partial charge on any atom is 0.247 e. The predicted molar refractivity (Wildman–Crippen MR) is 109 cm³/mol. The van der Waals surface area contributed by atoms with Crippen LogP contribution in [0, 0.1) is 5.41 Å². The van der Waals surface area contributed by atoms with Crippen LogP contribution in [0.4, 0.5) is 17.5 Å². The number of nitrogens with zero attached hydrogens (tertiary/aromatic N) is 3. The summed E-state index contributed by atoms with van der Waals surface area (Å²) in [6.07, 6.45) is 3.96. The molecule has 2 aliphatic rings. The topological polar surface area (TPSA) is 102 Å². The molecule has 1 atom stereocenters. The third-order valence-electron chi connectivity index (χ3n) is 5.47. The second-order valence-electron chi connectivity index (χ2n) is 7.46. The van der Waals surface area contributed by atoms with Crippen LogP contribution in [-0.4, -0.2) is 22.1 Å². The molecule has 1 aromatic heterocycles. The fourth-order valence-electron chi connectivity index (χ4n) is 3.60. The van der Waals surface area contributed by atoms with Crippen LogP contribution in [0.25, 0.3) is 0 Å². The number of nitrogens with one attached hydrogen (secondary N) is 1. The largest absolute Gasteiger partial charge is 0.471 e. The monoisotopic (exact) mass is 377 g/mol. The van der Waals surface area contributed by atoms with Crippen molar-refractivity contribution in [1.82, 2.24) is 9.97 Å². The zero-order valence-electron chi connectivity index (χ0n) is 16.0. The molecule has 7 heteroatoms. The number of hydrogen-bond donors (Lipinski definition) is 2. The first-order valence-corrected chi connectivity index (χ1v) is 9.33. The molecule has 2 aromatic rings. The van der Waals surface area contributed by atoms with Crippen molar-refractivity contribution < 1.29 is 9.53 Å². The summed E-state index contributed by atoms with van der Waals surface area (Å²) in [7, 11) is 0. The molecule has 0 fully saturated rings. The Morgan fingerprint density at radius 3 is 2.71 bits per heavy atom. The van der Waals surface area contributed by atoms with E-state index in [4.69, 9.17) is 10.5 Å². The lowest BCUT2D eigenvalue weighted by atomic mass is 9.72. The standard InChI is InChI=1S/C21H23N5O2/c1-13-8-9-21(10-14(13)2)12-23-16-17(24-19(21)27)25-20(22)26-18(16)28-11-15-6-4-3-5-7-15/h3-7,12H,8-11H2,1-2H3,(H3,22,24,25,26,27). The Hall–Kier alpha value is -3.22. The molecule has 0 bridgehead atoms. The van der Waals surface area contributed by atoms with Crippen LogP contribution in [0.5, 0.6) is 5.88 Å². The van der Waals surface area contributed by atoms with Crippen molar-refractivity contribution in [3.63, 3.8) is 0 Å². The number of nitrogens with two attached hydrogens (primary N) is 1. The van der Waals surface area contributed by atoms with Crippen LogP contribution in [-0.2, 0) is 11.4 Å². The van der Waals surface area contributed by atoms with Crippen molar-refractivity contribution in [3.05, 3.63) is 47.0 Å². The second kappa shape index (κ2) is 7.07. The maximum absolute atomic E-state index is 13.0. The van der Waals surface area contributed by atoms with Gasteiger partial charge >= 0.3 is 0 Å². The summed E-state index contributed by atoms with van der Waals surface area (Å²) in [5, 5.41) is 2.90. The summed E-state index contributed by atoms with van der Waals surface area (Å²) in [5.74, 6) is 0.467. The first kappa shape index (κ1) is 18.2. The molecule has 2 heterocycles. The summed E-state index contributed by atoms with van der Waals surface area (Å²) < 4.78 is 5.87. The van der Waals surface area contributed by atoms with Crippen molar-refractivity contribution in [3.8, 4) is 5.88 Å². The van der Waals surface area contributed by atoms with Gasteiger partial charge in [0.15, 0.2) is 11.5 Å². The molecule has 1 amide bonds. The molecule has 1 spiro atoms. The molecule has 3 N–H and O–H groups in total. The Labute approximate surface area is 163 Å². The molecule has 1 aliphatic heterocycles. The fourth-order valence-corrected chi connectivity index (χ4v) is 3.60. The third-order valence-corrected chi connectivity index (χ3v) is 5.47. The summed E-state index contributed by atoms with van der Waals surface area (Å²) in [6, 6.07) is 9.75. The average molecular weight is 377 g/mol. The lowest BCUT2D eigenvalue weighted by Gasteiger charge is -2.32. The minimum atomic E-state index is -0.685. The van der Waals surface area contributed by atoms with Crippen molar-refractivity contribution >= 4 is 29.6 Å². The van der Waals surface area contributed by atoms with Gasteiger partial charge in [0.1, 0.15) is 6.61 Å². The van der Waals surface area contributed by atoms with E-state index in [9.17, 15) is 4.79 Å². The Balaban J connectivity index is 1.67. The normalized spacial score (nSPS) is 21.3. The van der Waals surface area contributed by atoms with E-state index in [2.05, 4.69) is 34.1 Å². The van der Waals surface area contributed by atoms with Crippen LogP contribution in [0.2, 0.25) is 0 Å². The Morgan fingerprint density at radius 2 is 1.96 bits per heavy atom. The van der Waals surface area contributed by atoms with E-state index < -0.39 is 5.41 Å². The lowest BCUT2D eigenvalue weighted by molar-refractivity contribution is -0.122. The highest BCUT2D eigenvalue weighted by Crippen LogP contribution is 2.43. The maximum atomic E-state index is 13.0. The third kappa shape index (κ3) is 3.35. The number of hydrogen-bond acceptors (Lipinski definition) is 6. The van der Waals surface area contributed by atoms with Crippen molar-refractivity contribution in [1.29, 1.82) is 0 Å². The van der Waals surface area contributed by atoms with Crippen LogP contribution >= 0.6 is 0 Å². The summed E-state index contributed by atoms with van der Waals surface area (Å²) >= 11 is 0. The molecule has 1 aliphatic carbocycles. The number of aromatic nitrogens is 2. The number of allylic oxidation sites excluding steroid dienone is 2. The number of ether oxygens (including phenoxy) is 1. The van der Waals surface area contributed by atoms with Crippen LogP contribution in [0.15, 0.2) is 46.5 Å². The predicted octanol–water partition coefficient (Wildman–Crippen LogP) is 3.80. The van der Waals surface area contributed by atoms with Gasteiger partial charge in [0, 0.05) is 6.21 Å². The fraction of sp³-hybridized carbons (Fsp3) is 0.333. The minimum absolute atomic E-state index is 0.0313. The molecular formula is C21H23N5O2. The van der Waals surface area contributed by atoms with E-state index in [0.717, 1.165) is 12.0 Å². The van der Waals surface area contributed by atoms with Gasteiger partial charge in [-0.25, -0.2) is 0 Å². The van der Waals surface area contributed by atoms with Gasteiger partial charge in [0.2, 0.25) is 17.7 Å². The van der Waals surface area contributed by atoms with E-state index in [-0.39, 0.29) is 23.6 Å². The van der Waals surface area contributed by atoms with Gasteiger partial charge in [0.25, 0.3) is 0 Å². The highest BCUT2D eigenvalue weighted by molar-refractivity contribution is 6.09. The van der Waals surface area contributed by atoms with Crippen molar-refractivity contribution in [2.24, 2.45) is 10.4 Å². The first-order valence-electron chi connectivity index (χ1n) is 9.33. The first-order chi connectivity index (χ1) is 13.5. The van der Waals surface area contributed by atoms with Gasteiger partial charge in [-0.05, 0) is 38.7 Å². The van der Waals surface area contributed by atoms with Crippen molar-refractivity contribution in [2.45, 2.75) is 39.7 Å². The van der Waals surface area contributed by atoms with Crippen LogP contribution < -0.4 is 15.8 Å². The number of fused-ring (bicyclic) bond motifs is 1. The van der Waals surface area contributed by atoms with Crippen LogP contribution in [0.3, 0.4) is 0 Å². The van der Waals surface area contributed by atoms with Crippen LogP contribution in [0.1, 0.15) is 38.7 Å². The van der Waals surface area contributed by atoms with Crippen molar-refractivity contribution in [2.75, 3.05) is 11.1 Å². The Bertz CT molecular complexity index is 984. The molecule has 7 nitrogen and oxygen atoms in total. The zero-order valence-corrected chi connectivity index (χ0v) is 16.0. The van der Waals surface area contributed by atoms with E-state index in [1.54, 1.807) is 6.21 Å². The van der Waals surface area contributed by atoms with Gasteiger partial charge in [-0.2, -0.15) is 9.97 Å². The molecule has 28 heavy (non-hydrogen) atoms. The smallest absolute Gasteiger partial charge is 0.247 e. The minimum Gasteiger partial charge on any atom is -0.471 e. The second-order valence-corrected chi connectivity index (χ2v) is 7.46. The number of aliphatic imine (C=N–C) groups is 1. The van der Waals surface area contributed by atoms with Gasteiger partial charge in [-0.15, -0.1) is 0 Å². The molecule has 0 saturated heterocycles. The average Bonchev–Trinajstić information content (AvgIpc) is 2.81. The number of anilines is 2. The molecule has 1 aromatic carbocycles. The molecule has 144 valence electrons. The van der Waals surface area contributed by atoms with Gasteiger partial charge < -0.3 is 15.8 Å². The summed E-state index contributed by atoms with van der Waals surface area (Å²) in [4.78, 5) is 26.0. The molecule has 1 unspecified atom stereocenters. The van der Waals surface area contributed by atoms with E-state index in [1.807, 2.05) is 30.3 Å². The Morgan fingerprint density at radius 1 is 1.18 bits per heavy atom. The number of rotatable bonds is 3. The number of carbonyl (C=O) groups is 1. The highest BCUT2D eigenvalue weighted by Gasteiger charge is 2.41. The Kier molecular flexibility index (Phi) is 4.58. The molecule has 4 rings (SSSR count). The number of benzene rings is 1. The number of carbonyl (C=O) groups excluding carboxylic acids is 1.